The van der Waals surface area contributed by atoms with E-state index in [1.807, 2.05) is 0 Å². The number of carbonyl (C=O) groups is 1. The molecule has 0 fully saturated rings. The van der Waals surface area contributed by atoms with Gasteiger partial charge in [-0.2, -0.15) is 0 Å². The lowest BCUT2D eigenvalue weighted by Crippen LogP contribution is -2.02. The molecule has 13 heavy (non-hydrogen) atoms. The molecule has 0 saturated carbocycles. The van der Waals surface area contributed by atoms with Crippen molar-refractivity contribution in [2.24, 2.45) is 5.92 Å². The molecule has 0 spiro atoms. The third kappa shape index (κ3) is 9.59. The standard InChI is InChI=1S/C12H24O/c1-4-5-6-7-8-9-12(13)10-11(2)3/h11H,4-10H2,1-3H3. The molecule has 0 aliphatic heterocycles. The van der Waals surface area contributed by atoms with Gasteiger partial charge in [0, 0.05) is 12.8 Å². The van der Waals surface area contributed by atoms with Gasteiger partial charge in [-0.15, -0.1) is 0 Å². The molecule has 0 aliphatic rings. The summed E-state index contributed by atoms with van der Waals surface area (Å²) in [5, 5.41) is 0. The van der Waals surface area contributed by atoms with Crippen LogP contribution in [0.4, 0.5) is 0 Å². The van der Waals surface area contributed by atoms with E-state index in [9.17, 15) is 4.79 Å². The van der Waals surface area contributed by atoms with E-state index in [1.165, 1.54) is 25.7 Å². The zero-order valence-corrected chi connectivity index (χ0v) is 9.44. The smallest absolute Gasteiger partial charge is 0.133 e. The normalized spacial score (nSPS) is 10.8. The molecule has 0 unspecified atom stereocenters. The van der Waals surface area contributed by atoms with Crippen molar-refractivity contribution in [1.29, 1.82) is 0 Å². The van der Waals surface area contributed by atoms with E-state index in [4.69, 9.17) is 0 Å². The molecule has 78 valence electrons. The molecule has 0 N–H and O–H groups in total. The van der Waals surface area contributed by atoms with Crippen LogP contribution in [-0.2, 0) is 4.79 Å². The van der Waals surface area contributed by atoms with Crippen LogP contribution >= 0.6 is 0 Å². The van der Waals surface area contributed by atoms with E-state index < -0.39 is 0 Å². The van der Waals surface area contributed by atoms with Gasteiger partial charge in [0.05, 0.1) is 0 Å². The van der Waals surface area contributed by atoms with E-state index >= 15 is 0 Å². The Hall–Kier alpha value is -0.330. The predicted octanol–water partition coefficient (Wildman–Crippen LogP) is 3.96. The molecule has 1 heteroatoms. The fourth-order valence-corrected chi connectivity index (χ4v) is 1.48. The second kappa shape index (κ2) is 8.28. The summed E-state index contributed by atoms with van der Waals surface area (Å²) < 4.78 is 0. The van der Waals surface area contributed by atoms with Crippen LogP contribution in [0.2, 0.25) is 0 Å². The Labute approximate surface area is 82.9 Å². The third-order valence-corrected chi connectivity index (χ3v) is 2.20. The van der Waals surface area contributed by atoms with Crippen molar-refractivity contribution in [3.63, 3.8) is 0 Å². The van der Waals surface area contributed by atoms with Crippen LogP contribution in [0, 0.1) is 5.92 Å². The summed E-state index contributed by atoms with van der Waals surface area (Å²) in [6, 6.07) is 0. The van der Waals surface area contributed by atoms with Crippen molar-refractivity contribution < 1.29 is 4.79 Å². The Morgan fingerprint density at radius 1 is 1.08 bits per heavy atom. The van der Waals surface area contributed by atoms with Gasteiger partial charge in [-0.1, -0.05) is 46.5 Å². The van der Waals surface area contributed by atoms with Crippen LogP contribution in [0.15, 0.2) is 0 Å². The largest absolute Gasteiger partial charge is 0.300 e. The number of Topliss-reactive ketones (excluding diaryl/α,β-unsaturated/α-hetero) is 1. The van der Waals surface area contributed by atoms with Gasteiger partial charge in [-0.3, -0.25) is 4.79 Å². The van der Waals surface area contributed by atoms with E-state index in [-0.39, 0.29) is 0 Å². The predicted molar refractivity (Wildman–Crippen MR) is 57.8 cm³/mol. The molecule has 0 aromatic carbocycles. The average molecular weight is 184 g/mol. The summed E-state index contributed by atoms with van der Waals surface area (Å²) >= 11 is 0. The molecule has 0 rings (SSSR count). The number of unbranched alkanes of at least 4 members (excludes halogenated alkanes) is 4. The number of carbonyl (C=O) groups excluding carboxylic acids is 1. The van der Waals surface area contributed by atoms with Crippen LogP contribution in [-0.4, -0.2) is 5.78 Å². The fourth-order valence-electron chi connectivity index (χ4n) is 1.48. The van der Waals surface area contributed by atoms with Gasteiger partial charge in [-0.25, -0.2) is 0 Å². The van der Waals surface area contributed by atoms with Crippen molar-refractivity contribution >= 4 is 5.78 Å². The molecule has 0 amide bonds. The van der Waals surface area contributed by atoms with Crippen molar-refractivity contribution in [2.45, 2.75) is 65.7 Å². The Kier molecular flexibility index (Phi) is 8.07. The molecular weight excluding hydrogens is 160 g/mol. The van der Waals surface area contributed by atoms with Crippen LogP contribution < -0.4 is 0 Å². The minimum atomic E-state index is 0.450. The number of hydrogen-bond acceptors (Lipinski definition) is 1. The lowest BCUT2D eigenvalue weighted by molar-refractivity contribution is -0.119. The molecule has 0 saturated heterocycles. The summed E-state index contributed by atoms with van der Waals surface area (Å²) in [7, 11) is 0. The summed E-state index contributed by atoms with van der Waals surface area (Å²) in [6.45, 7) is 6.42. The minimum absolute atomic E-state index is 0.450. The van der Waals surface area contributed by atoms with Crippen molar-refractivity contribution in [2.75, 3.05) is 0 Å². The first-order valence-corrected chi connectivity index (χ1v) is 5.68. The van der Waals surface area contributed by atoms with E-state index in [1.54, 1.807) is 0 Å². The molecule has 0 bridgehead atoms. The summed E-state index contributed by atoms with van der Waals surface area (Å²) in [6.07, 6.45) is 7.81. The Morgan fingerprint density at radius 3 is 2.23 bits per heavy atom. The molecule has 0 radical (unpaired) electrons. The molecule has 0 atom stereocenters. The Balaban J connectivity index is 3.17. The first-order chi connectivity index (χ1) is 6.16. The van der Waals surface area contributed by atoms with Gasteiger partial charge < -0.3 is 0 Å². The van der Waals surface area contributed by atoms with E-state index in [0.29, 0.717) is 11.7 Å². The highest BCUT2D eigenvalue weighted by Gasteiger charge is 2.03. The average Bonchev–Trinajstić information content (AvgIpc) is 2.02. The molecule has 0 aromatic heterocycles. The Morgan fingerprint density at radius 2 is 1.69 bits per heavy atom. The highest BCUT2D eigenvalue weighted by atomic mass is 16.1. The van der Waals surface area contributed by atoms with E-state index in [0.717, 1.165) is 19.3 Å². The van der Waals surface area contributed by atoms with Gasteiger partial charge in [0.2, 0.25) is 0 Å². The monoisotopic (exact) mass is 184 g/mol. The van der Waals surface area contributed by atoms with Crippen molar-refractivity contribution in [3.05, 3.63) is 0 Å². The first-order valence-electron chi connectivity index (χ1n) is 5.68. The summed E-state index contributed by atoms with van der Waals surface area (Å²) in [4.78, 5) is 11.3. The minimum Gasteiger partial charge on any atom is -0.300 e. The molecule has 0 aliphatic carbocycles. The van der Waals surface area contributed by atoms with Gasteiger partial charge in [0.25, 0.3) is 0 Å². The van der Waals surface area contributed by atoms with Crippen LogP contribution in [0.25, 0.3) is 0 Å². The van der Waals surface area contributed by atoms with Gasteiger partial charge in [-0.05, 0) is 12.3 Å². The first kappa shape index (κ1) is 12.7. The number of hydrogen-bond donors (Lipinski definition) is 0. The fraction of sp³-hybridized carbons (Fsp3) is 0.917. The topological polar surface area (TPSA) is 17.1 Å². The van der Waals surface area contributed by atoms with Crippen LogP contribution in [0.5, 0.6) is 0 Å². The molecular formula is C12H24O. The van der Waals surface area contributed by atoms with Gasteiger partial charge in [0.15, 0.2) is 0 Å². The Bertz CT molecular complexity index is 127. The summed E-state index contributed by atoms with van der Waals surface area (Å²) in [5.74, 6) is 0.981. The lowest BCUT2D eigenvalue weighted by atomic mass is 10.0. The van der Waals surface area contributed by atoms with Crippen molar-refractivity contribution in [3.8, 4) is 0 Å². The zero-order chi connectivity index (χ0) is 10.1. The maximum atomic E-state index is 11.3. The number of rotatable bonds is 8. The van der Waals surface area contributed by atoms with Gasteiger partial charge >= 0.3 is 0 Å². The second-order valence-corrected chi connectivity index (χ2v) is 4.30. The van der Waals surface area contributed by atoms with Crippen LogP contribution in [0.3, 0.4) is 0 Å². The molecule has 0 aromatic rings. The maximum absolute atomic E-state index is 11.3. The van der Waals surface area contributed by atoms with E-state index in [2.05, 4.69) is 20.8 Å². The molecule has 0 heterocycles. The highest BCUT2D eigenvalue weighted by molar-refractivity contribution is 5.78. The van der Waals surface area contributed by atoms with Crippen LogP contribution in [0.1, 0.15) is 65.7 Å². The number of ketones is 1. The maximum Gasteiger partial charge on any atom is 0.133 e. The second-order valence-electron chi connectivity index (χ2n) is 4.30. The SMILES string of the molecule is CCCCCCCC(=O)CC(C)C. The zero-order valence-electron chi connectivity index (χ0n) is 9.44. The highest BCUT2D eigenvalue weighted by Crippen LogP contribution is 2.09. The van der Waals surface area contributed by atoms with Crippen molar-refractivity contribution in [1.82, 2.24) is 0 Å². The quantitative estimate of drug-likeness (QED) is 0.522. The van der Waals surface area contributed by atoms with Gasteiger partial charge in [0.1, 0.15) is 5.78 Å². The molecule has 1 nitrogen and oxygen atoms in total. The lowest BCUT2D eigenvalue weighted by Gasteiger charge is -2.03. The third-order valence-electron chi connectivity index (χ3n) is 2.20. The summed E-state index contributed by atoms with van der Waals surface area (Å²) in [5.41, 5.74) is 0.